The van der Waals surface area contributed by atoms with Gasteiger partial charge in [-0.1, -0.05) is 6.08 Å². The molecule has 0 bridgehead atoms. The van der Waals surface area contributed by atoms with E-state index in [4.69, 9.17) is 5.14 Å². The Morgan fingerprint density at radius 1 is 1.31 bits per heavy atom. The first kappa shape index (κ1) is 12.4. The number of sulfonamides is 1. The van der Waals surface area contributed by atoms with Crippen LogP contribution in [0.15, 0.2) is 41.3 Å². The molecule has 0 aliphatic heterocycles. The number of anilines is 1. The van der Waals surface area contributed by atoms with Gasteiger partial charge in [0.2, 0.25) is 15.9 Å². The monoisotopic (exact) mass is 240 g/mol. The molecule has 0 heterocycles. The molecule has 6 heteroatoms. The van der Waals surface area contributed by atoms with Crippen molar-refractivity contribution >= 4 is 21.6 Å². The van der Waals surface area contributed by atoms with Crippen LogP contribution in [0.4, 0.5) is 5.69 Å². The Morgan fingerprint density at radius 2 is 1.88 bits per heavy atom. The summed E-state index contributed by atoms with van der Waals surface area (Å²) in [5.41, 5.74) is 0.510. The molecule has 16 heavy (non-hydrogen) atoms. The minimum absolute atomic E-state index is 0.0107. The van der Waals surface area contributed by atoms with Crippen LogP contribution in [-0.2, 0) is 14.8 Å². The summed E-state index contributed by atoms with van der Waals surface area (Å²) in [6, 6.07) is 5.61. The smallest absolute Gasteiger partial charge is 0.248 e. The van der Waals surface area contributed by atoms with Crippen molar-refractivity contribution in [1.82, 2.24) is 0 Å². The van der Waals surface area contributed by atoms with Gasteiger partial charge in [-0.15, -0.1) is 0 Å². The summed E-state index contributed by atoms with van der Waals surface area (Å²) in [6.45, 7) is 1.73. The van der Waals surface area contributed by atoms with E-state index in [1.165, 1.54) is 30.3 Å². The van der Waals surface area contributed by atoms with Crippen LogP contribution in [0.2, 0.25) is 0 Å². The van der Waals surface area contributed by atoms with Crippen LogP contribution >= 0.6 is 0 Å². The second-order valence-corrected chi connectivity index (χ2v) is 4.62. The number of carbonyl (C=O) groups excluding carboxylic acids is 1. The van der Waals surface area contributed by atoms with E-state index >= 15 is 0 Å². The Kier molecular flexibility index (Phi) is 3.81. The fraction of sp³-hybridized carbons (Fsp3) is 0.100. The summed E-state index contributed by atoms with van der Waals surface area (Å²) in [7, 11) is -3.68. The Morgan fingerprint density at radius 3 is 2.31 bits per heavy atom. The standard InChI is InChI=1S/C10H12N2O3S/c1-2-3-10(13)12-8-4-6-9(7-5-8)16(11,14)15/h2-7H,1H3,(H,12,13)(H2,11,14,15)/b3-2+. The Bertz CT molecular complexity index is 503. The predicted molar refractivity (Wildman–Crippen MR) is 61.3 cm³/mol. The molecule has 1 aromatic carbocycles. The van der Waals surface area contributed by atoms with Gasteiger partial charge in [-0.2, -0.15) is 0 Å². The van der Waals surface area contributed by atoms with E-state index in [-0.39, 0.29) is 10.8 Å². The summed E-state index contributed by atoms with van der Waals surface area (Å²) < 4.78 is 21.9. The maximum absolute atomic E-state index is 11.2. The van der Waals surface area contributed by atoms with Gasteiger partial charge >= 0.3 is 0 Å². The molecule has 0 radical (unpaired) electrons. The summed E-state index contributed by atoms with van der Waals surface area (Å²) in [6.07, 6.45) is 2.97. The number of allylic oxidation sites excluding steroid dienone is 1. The quantitative estimate of drug-likeness (QED) is 0.767. The molecule has 5 nitrogen and oxygen atoms in total. The highest BCUT2D eigenvalue weighted by atomic mass is 32.2. The van der Waals surface area contributed by atoms with Crippen molar-refractivity contribution < 1.29 is 13.2 Å². The Labute approximate surface area is 94.0 Å². The maximum atomic E-state index is 11.2. The number of hydrogen-bond acceptors (Lipinski definition) is 3. The van der Waals surface area contributed by atoms with Crippen LogP contribution in [0.25, 0.3) is 0 Å². The van der Waals surface area contributed by atoms with Crippen LogP contribution in [0.5, 0.6) is 0 Å². The minimum atomic E-state index is -3.68. The van der Waals surface area contributed by atoms with Crippen LogP contribution in [-0.4, -0.2) is 14.3 Å². The Hall–Kier alpha value is -1.66. The summed E-state index contributed by atoms with van der Waals surface area (Å²) >= 11 is 0. The second-order valence-electron chi connectivity index (χ2n) is 3.06. The lowest BCUT2D eigenvalue weighted by atomic mass is 10.3. The van der Waals surface area contributed by atoms with Crippen molar-refractivity contribution in [1.29, 1.82) is 0 Å². The number of carbonyl (C=O) groups is 1. The third kappa shape index (κ3) is 3.48. The van der Waals surface area contributed by atoms with E-state index in [9.17, 15) is 13.2 Å². The molecule has 0 saturated carbocycles. The lowest BCUT2D eigenvalue weighted by molar-refractivity contribution is -0.111. The Balaban J connectivity index is 2.84. The largest absolute Gasteiger partial charge is 0.323 e. The highest BCUT2D eigenvalue weighted by molar-refractivity contribution is 7.89. The third-order valence-electron chi connectivity index (χ3n) is 1.77. The van der Waals surface area contributed by atoms with Crippen molar-refractivity contribution in [2.24, 2.45) is 5.14 Å². The van der Waals surface area contributed by atoms with E-state index in [0.717, 1.165) is 0 Å². The van der Waals surface area contributed by atoms with E-state index in [0.29, 0.717) is 5.69 Å². The molecule has 3 N–H and O–H groups in total. The highest BCUT2D eigenvalue weighted by Gasteiger charge is 2.06. The van der Waals surface area contributed by atoms with Crippen molar-refractivity contribution in [3.05, 3.63) is 36.4 Å². The fourth-order valence-electron chi connectivity index (χ4n) is 1.06. The molecular weight excluding hydrogens is 228 g/mol. The molecular formula is C10H12N2O3S. The SMILES string of the molecule is C/C=C/C(=O)Nc1ccc(S(N)(=O)=O)cc1. The zero-order valence-corrected chi connectivity index (χ0v) is 9.49. The number of nitrogens with one attached hydrogen (secondary N) is 1. The van der Waals surface area contributed by atoms with Gasteiger partial charge in [0.25, 0.3) is 0 Å². The summed E-state index contributed by atoms with van der Waals surface area (Å²) in [5, 5.41) is 7.49. The first-order valence-electron chi connectivity index (χ1n) is 4.50. The average Bonchev–Trinajstić information content (AvgIpc) is 2.17. The average molecular weight is 240 g/mol. The van der Waals surface area contributed by atoms with Gasteiger partial charge in [-0.3, -0.25) is 4.79 Å². The number of primary sulfonamides is 1. The molecule has 0 aliphatic rings. The van der Waals surface area contributed by atoms with Gasteiger partial charge in [0.05, 0.1) is 4.90 Å². The van der Waals surface area contributed by atoms with Gasteiger partial charge in [-0.25, -0.2) is 13.6 Å². The summed E-state index contributed by atoms with van der Waals surface area (Å²) in [4.78, 5) is 11.2. The predicted octanol–water partition coefficient (Wildman–Crippen LogP) is 0.849. The van der Waals surface area contributed by atoms with Gasteiger partial charge in [-0.05, 0) is 37.3 Å². The number of hydrogen-bond donors (Lipinski definition) is 2. The fourth-order valence-corrected chi connectivity index (χ4v) is 1.58. The zero-order valence-electron chi connectivity index (χ0n) is 8.67. The number of benzene rings is 1. The molecule has 1 aromatic rings. The molecule has 0 fully saturated rings. The number of amides is 1. The molecule has 1 amide bonds. The minimum Gasteiger partial charge on any atom is -0.323 e. The second kappa shape index (κ2) is 4.91. The topological polar surface area (TPSA) is 89.3 Å². The lowest BCUT2D eigenvalue weighted by Crippen LogP contribution is -2.12. The molecule has 0 aromatic heterocycles. The van der Waals surface area contributed by atoms with Crippen molar-refractivity contribution in [3.8, 4) is 0 Å². The maximum Gasteiger partial charge on any atom is 0.248 e. The van der Waals surface area contributed by atoms with Gasteiger partial charge in [0.1, 0.15) is 0 Å². The van der Waals surface area contributed by atoms with Crippen LogP contribution in [0, 0.1) is 0 Å². The molecule has 0 unspecified atom stereocenters. The summed E-state index contributed by atoms with van der Waals surface area (Å²) in [5.74, 6) is -0.272. The first-order chi connectivity index (χ1) is 7.43. The molecule has 1 rings (SSSR count). The van der Waals surface area contributed by atoms with E-state index < -0.39 is 10.0 Å². The normalized spacial score (nSPS) is 11.6. The molecule has 0 saturated heterocycles. The molecule has 0 atom stereocenters. The number of rotatable bonds is 3. The van der Waals surface area contributed by atoms with Crippen LogP contribution in [0.1, 0.15) is 6.92 Å². The van der Waals surface area contributed by atoms with Crippen molar-refractivity contribution in [2.45, 2.75) is 11.8 Å². The molecule has 0 aliphatic carbocycles. The third-order valence-corrected chi connectivity index (χ3v) is 2.70. The van der Waals surface area contributed by atoms with Crippen LogP contribution in [0.3, 0.4) is 0 Å². The van der Waals surface area contributed by atoms with E-state index in [1.54, 1.807) is 13.0 Å². The first-order valence-corrected chi connectivity index (χ1v) is 6.04. The molecule has 0 spiro atoms. The highest BCUT2D eigenvalue weighted by Crippen LogP contribution is 2.12. The van der Waals surface area contributed by atoms with E-state index in [2.05, 4.69) is 5.32 Å². The zero-order chi connectivity index (χ0) is 12.2. The lowest BCUT2D eigenvalue weighted by Gasteiger charge is -2.03. The van der Waals surface area contributed by atoms with Crippen molar-refractivity contribution in [3.63, 3.8) is 0 Å². The van der Waals surface area contributed by atoms with Gasteiger partial charge < -0.3 is 5.32 Å². The molecule has 86 valence electrons. The van der Waals surface area contributed by atoms with Gasteiger partial charge in [0.15, 0.2) is 0 Å². The van der Waals surface area contributed by atoms with Crippen LogP contribution < -0.4 is 10.5 Å². The number of nitrogens with two attached hydrogens (primary N) is 1. The van der Waals surface area contributed by atoms with Gasteiger partial charge in [0, 0.05) is 5.69 Å². The van der Waals surface area contributed by atoms with Crippen molar-refractivity contribution in [2.75, 3.05) is 5.32 Å². The van der Waals surface area contributed by atoms with E-state index in [1.807, 2.05) is 0 Å².